The van der Waals surface area contributed by atoms with Gasteiger partial charge in [0.05, 0.1) is 25.5 Å². The monoisotopic (exact) mass is 251 g/mol. The molecule has 0 aromatic carbocycles. The van der Waals surface area contributed by atoms with Crippen molar-refractivity contribution < 1.29 is 9.13 Å². The van der Waals surface area contributed by atoms with Crippen molar-refractivity contribution in [3.8, 4) is 0 Å². The Kier molecular flexibility index (Phi) is 3.43. The Labute approximate surface area is 106 Å². The number of anilines is 1. The Morgan fingerprint density at radius 2 is 2.33 bits per heavy atom. The number of hydrogen-bond acceptors (Lipinski definition) is 4. The Morgan fingerprint density at radius 1 is 1.44 bits per heavy atom. The van der Waals surface area contributed by atoms with Crippen LogP contribution >= 0.6 is 0 Å². The zero-order valence-corrected chi connectivity index (χ0v) is 10.3. The molecule has 2 heterocycles. The summed E-state index contributed by atoms with van der Waals surface area (Å²) in [6.07, 6.45) is 3.83. The van der Waals surface area contributed by atoms with Gasteiger partial charge in [0.1, 0.15) is 11.6 Å². The van der Waals surface area contributed by atoms with E-state index in [1.165, 1.54) is 25.1 Å². The Hall–Kier alpha value is -1.20. The van der Waals surface area contributed by atoms with Gasteiger partial charge in [0.2, 0.25) is 0 Å². The molecular weight excluding hydrogens is 233 g/mol. The third-order valence-electron chi connectivity index (χ3n) is 3.45. The number of aromatic nitrogens is 1. The quantitative estimate of drug-likeness (QED) is 0.872. The van der Waals surface area contributed by atoms with Gasteiger partial charge in [-0.05, 0) is 25.0 Å². The summed E-state index contributed by atoms with van der Waals surface area (Å²) in [7, 11) is 0. The first-order valence-corrected chi connectivity index (χ1v) is 6.52. The number of nitrogens with zero attached hydrogens (tertiary/aromatic N) is 2. The average molecular weight is 251 g/mol. The van der Waals surface area contributed by atoms with E-state index < -0.39 is 0 Å². The second-order valence-corrected chi connectivity index (χ2v) is 4.94. The third kappa shape index (κ3) is 2.79. The topological polar surface area (TPSA) is 37.4 Å². The minimum absolute atomic E-state index is 0.289. The maximum absolute atomic E-state index is 12.9. The van der Waals surface area contributed by atoms with Gasteiger partial charge < -0.3 is 15.0 Å². The number of ether oxygens (including phenoxy) is 1. The highest BCUT2D eigenvalue weighted by molar-refractivity contribution is 5.40. The van der Waals surface area contributed by atoms with Crippen LogP contribution in [0.25, 0.3) is 0 Å². The first-order valence-electron chi connectivity index (χ1n) is 6.52. The van der Waals surface area contributed by atoms with Crippen molar-refractivity contribution in [1.82, 2.24) is 10.3 Å². The molecule has 1 aromatic rings. The highest BCUT2D eigenvalue weighted by atomic mass is 19.1. The molecule has 1 aliphatic heterocycles. The van der Waals surface area contributed by atoms with Crippen molar-refractivity contribution in [3.63, 3.8) is 0 Å². The van der Waals surface area contributed by atoms with Gasteiger partial charge >= 0.3 is 0 Å². The molecule has 18 heavy (non-hydrogen) atoms. The SMILES string of the molecule is Fc1ccc(N2CCOCC2CNC2CC2)nc1. The predicted octanol–water partition coefficient (Wildman–Crippen LogP) is 1.18. The van der Waals surface area contributed by atoms with Crippen LogP contribution in [0.2, 0.25) is 0 Å². The van der Waals surface area contributed by atoms with E-state index >= 15 is 0 Å². The van der Waals surface area contributed by atoms with Gasteiger partial charge in [0, 0.05) is 19.1 Å². The maximum atomic E-state index is 12.9. The van der Waals surface area contributed by atoms with Crippen LogP contribution in [-0.4, -0.2) is 43.4 Å². The molecule has 0 bridgehead atoms. The van der Waals surface area contributed by atoms with Crippen LogP contribution in [0.4, 0.5) is 10.2 Å². The van der Waals surface area contributed by atoms with Crippen molar-refractivity contribution in [2.45, 2.75) is 24.9 Å². The molecule has 1 atom stereocenters. The summed E-state index contributed by atoms with van der Waals surface area (Å²) in [4.78, 5) is 6.37. The molecule has 1 aromatic heterocycles. The fourth-order valence-electron chi connectivity index (χ4n) is 2.25. The second kappa shape index (κ2) is 5.20. The molecule has 0 spiro atoms. The van der Waals surface area contributed by atoms with Gasteiger partial charge in [-0.3, -0.25) is 0 Å². The lowest BCUT2D eigenvalue weighted by Crippen LogP contribution is -2.51. The second-order valence-electron chi connectivity index (χ2n) is 4.94. The lowest BCUT2D eigenvalue weighted by atomic mass is 10.2. The number of rotatable bonds is 4. The minimum atomic E-state index is -0.292. The number of pyridine rings is 1. The van der Waals surface area contributed by atoms with Crippen molar-refractivity contribution >= 4 is 5.82 Å². The highest BCUT2D eigenvalue weighted by Gasteiger charge is 2.27. The Bertz CT molecular complexity index is 394. The van der Waals surface area contributed by atoms with E-state index in [2.05, 4.69) is 15.2 Å². The van der Waals surface area contributed by atoms with Crippen LogP contribution in [0.1, 0.15) is 12.8 Å². The van der Waals surface area contributed by atoms with Crippen LogP contribution in [0, 0.1) is 5.82 Å². The average Bonchev–Trinajstić information content (AvgIpc) is 3.22. The van der Waals surface area contributed by atoms with Gasteiger partial charge in [0.25, 0.3) is 0 Å². The van der Waals surface area contributed by atoms with Crippen LogP contribution in [0.15, 0.2) is 18.3 Å². The van der Waals surface area contributed by atoms with Gasteiger partial charge in [-0.25, -0.2) is 9.37 Å². The largest absolute Gasteiger partial charge is 0.377 e. The van der Waals surface area contributed by atoms with Gasteiger partial charge in [-0.2, -0.15) is 0 Å². The summed E-state index contributed by atoms with van der Waals surface area (Å²) in [6, 6.07) is 4.18. The van der Waals surface area contributed by atoms with Crippen molar-refractivity contribution in [2.24, 2.45) is 0 Å². The van der Waals surface area contributed by atoms with E-state index in [1.807, 2.05) is 0 Å². The van der Waals surface area contributed by atoms with E-state index in [1.54, 1.807) is 6.07 Å². The number of hydrogen-bond donors (Lipinski definition) is 1. The molecule has 1 N–H and O–H groups in total. The van der Waals surface area contributed by atoms with E-state index in [4.69, 9.17) is 4.74 Å². The molecular formula is C13H18FN3O. The number of halogens is 1. The van der Waals surface area contributed by atoms with Gasteiger partial charge in [0.15, 0.2) is 0 Å². The van der Waals surface area contributed by atoms with Gasteiger partial charge in [-0.1, -0.05) is 0 Å². The minimum Gasteiger partial charge on any atom is -0.377 e. The zero-order chi connectivity index (χ0) is 12.4. The van der Waals surface area contributed by atoms with Gasteiger partial charge in [-0.15, -0.1) is 0 Å². The molecule has 0 radical (unpaired) electrons. The molecule has 2 aliphatic rings. The summed E-state index contributed by atoms with van der Waals surface area (Å²) in [5, 5.41) is 3.51. The fraction of sp³-hybridized carbons (Fsp3) is 0.615. The third-order valence-corrected chi connectivity index (χ3v) is 3.45. The normalized spacial score (nSPS) is 24.3. The highest BCUT2D eigenvalue weighted by Crippen LogP contribution is 2.21. The predicted molar refractivity (Wildman–Crippen MR) is 67.2 cm³/mol. The molecule has 5 heteroatoms. The molecule has 1 aliphatic carbocycles. The molecule has 0 amide bonds. The van der Waals surface area contributed by atoms with Crippen LogP contribution < -0.4 is 10.2 Å². The molecule has 3 rings (SSSR count). The first-order chi connectivity index (χ1) is 8.83. The van der Waals surface area contributed by atoms with Crippen LogP contribution in [0.5, 0.6) is 0 Å². The van der Waals surface area contributed by atoms with Crippen molar-refractivity contribution in [1.29, 1.82) is 0 Å². The summed E-state index contributed by atoms with van der Waals surface area (Å²) in [6.45, 7) is 3.14. The summed E-state index contributed by atoms with van der Waals surface area (Å²) in [5.74, 6) is 0.543. The summed E-state index contributed by atoms with van der Waals surface area (Å²) >= 11 is 0. The number of nitrogens with one attached hydrogen (secondary N) is 1. The summed E-state index contributed by atoms with van der Waals surface area (Å²) in [5.41, 5.74) is 0. The zero-order valence-electron chi connectivity index (χ0n) is 10.3. The van der Waals surface area contributed by atoms with E-state index in [0.717, 1.165) is 18.9 Å². The van der Waals surface area contributed by atoms with Crippen LogP contribution in [-0.2, 0) is 4.74 Å². The van der Waals surface area contributed by atoms with E-state index in [0.29, 0.717) is 19.3 Å². The summed E-state index contributed by atoms with van der Waals surface area (Å²) < 4.78 is 18.4. The first kappa shape index (κ1) is 11.9. The maximum Gasteiger partial charge on any atom is 0.141 e. The number of morpholine rings is 1. The smallest absolute Gasteiger partial charge is 0.141 e. The van der Waals surface area contributed by atoms with Crippen molar-refractivity contribution in [3.05, 3.63) is 24.1 Å². The van der Waals surface area contributed by atoms with E-state index in [-0.39, 0.29) is 11.9 Å². The Balaban J connectivity index is 1.67. The standard InChI is InChI=1S/C13H18FN3O/c14-10-1-4-13(16-7-10)17-5-6-18-9-12(17)8-15-11-2-3-11/h1,4,7,11-12,15H,2-3,5-6,8-9H2. The molecule has 1 saturated heterocycles. The van der Waals surface area contributed by atoms with Crippen LogP contribution in [0.3, 0.4) is 0 Å². The van der Waals surface area contributed by atoms with E-state index in [9.17, 15) is 4.39 Å². The molecule has 98 valence electrons. The lowest BCUT2D eigenvalue weighted by Gasteiger charge is -2.36. The van der Waals surface area contributed by atoms with Crippen molar-refractivity contribution in [2.75, 3.05) is 31.2 Å². The molecule has 2 fully saturated rings. The lowest BCUT2D eigenvalue weighted by molar-refractivity contribution is 0.0932. The molecule has 4 nitrogen and oxygen atoms in total. The molecule has 1 unspecified atom stereocenters. The fourth-order valence-corrected chi connectivity index (χ4v) is 2.25. The molecule has 1 saturated carbocycles. The Morgan fingerprint density at radius 3 is 3.06 bits per heavy atom.